The van der Waals surface area contributed by atoms with E-state index in [-0.39, 0.29) is 11.5 Å². The number of nitrogens with one attached hydrogen (secondary N) is 1. The molecule has 7 heteroatoms. The SMILES string of the molecule is C[C@@H](C(=O)NN1CCOCC1)n1nc(C2CC2)ccc1=O. The molecule has 1 saturated heterocycles. The number of hydrogen-bond acceptors (Lipinski definition) is 5. The lowest BCUT2D eigenvalue weighted by atomic mass is 10.2. The number of amides is 1. The minimum atomic E-state index is -0.626. The largest absolute Gasteiger partial charge is 0.379 e. The molecule has 0 spiro atoms. The van der Waals surface area contributed by atoms with Gasteiger partial charge in [-0.3, -0.25) is 15.0 Å². The van der Waals surface area contributed by atoms with Crippen molar-refractivity contribution in [1.82, 2.24) is 20.2 Å². The second-order valence-electron chi connectivity index (χ2n) is 5.57. The van der Waals surface area contributed by atoms with Crippen LogP contribution < -0.4 is 11.0 Å². The molecule has 0 radical (unpaired) electrons. The average Bonchev–Trinajstić information content (AvgIpc) is 3.33. The van der Waals surface area contributed by atoms with Gasteiger partial charge < -0.3 is 4.74 Å². The van der Waals surface area contributed by atoms with Crippen molar-refractivity contribution in [3.8, 4) is 0 Å². The molecular weight excluding hydrogens is 272 g/mol. The zero-order valence-corrected chi connectivity index (χ0v) is 12.1. The van der Waals surface area contributed by atoms with Crippen LogP contribution in [0.15, 0.2) is 16.9 Å². The fraction of sp³-hybridized carbons (Fsp3) is 0.643. The lowest BCUT2D eigenvalue weighted by Crippen LogP contribution is -2.51. The monoisotopic (exact) mass is 292 g/mol. The standard InChI is InChI=1S/C14H20N4O3/c1-10(14(20)16-17-6-8-21-9-7-17)18-13(19)5-4-12(15-18)11-2-3-11/h4-5,10-11H,2-3,6-9H2,1H3,(H,16,20)/t10-/m0/s1. The first-order valence-electron chi connectivity index (χ1n) is 7.38. The quantitative estimate of drug-likeness (QED) is 0.848. The highest BCUT2D eigenvalue weighted by molar-refractivity contribution is 5.79. The third-order valence-corrected chi connectivity index (χ3v) is 3.87. The summed E-state index contributed by atoms with van der Waals surface area (Å²) in [6.07, 6.45) is 2.22. The van der Waals surface area contributed by atoms with Crippen LogP contribution in [0.4, 0.5) is 0 Å². The molecule has 2 fully saturated rings. The molecule has 1 aliphatic heterocycles. The molecule has 114 valence electrons. The maximum Gasteiger partial charge on any atom is 0.267 e. The molecule has 1 atom stereocenters. The molecule has 1 aromatic rings. The summed E-state index contributed by atoms with van der Waals surface area (Å²) < 4.78 is 6.52. The van der Waals surface area contributed by atoms with E-state index < -0.39 is 6.04 Å². The number of nitrogens with zero attached hydrogens (tertiary/aromatic N) is 3. The Bertz CT molecular complexity index is 576. The van der Waals surface area contributed by atoms with Crippen molar-refractivity contribution in [1.29, 1.82) is 0 Å². The molecule has 1 aromatic heterocycles. The Morgan fingerprint density at radius 3 is 2.76 bits per heavy atom. The molecule has 2 aliphatic rings. The topological polar surface area (TPSA) is 76.5 Å². The lowest BCUT2D eigenvalue weighted by molar-refractivity contribution is -0.131. The zero-order valence-electron chi connectivity index (χ0n) is 12.1. The molecule has 21 heavy (non-hydrogen) atoms. The summed E-state index contributed by atoms with van der Waals surface area (Å²) in [6.45, 7) is 4.21. The molecular formula is C14H20N4O3. The van der Waals surface area contributed by atoms with Crippen LogP contribution in [-0.2, 0) is 9.53 Å². The van der Waals surface area contributed by atoms with Gasteiger partial charge >= 0.3 is 0 Å². The number of carbonyl (C=O) groups excluding carboxylic acids is 1. The molecule has 1 N–H and O–H groups in total. The summed E-state index contributed by atoms with van der Waals surface area (Å²) in [5, 5.41) is 6.17. The van der Waals surface area contributed by atoms with Crippen molar-refractivity contribution < 1.29 is 9.53 Å². The average molecular weight is 292 g/mol. The van der Waals surface area contributed by atoms with Gasteiger partial charge in [-0.05, 0) is 25.8 Å². The van der Waals surface area contributed by atoms with Gasteiger partial charge in [0.25, 0.3) is 11.5 Å². The van der Waals surface area contributed by atoms with Gasteiger partial charge in [-0.15, -0.1) is 0 Å². The fourth-order valence-corrected chi connectivity index (χ4v) is 2.35. The molecule has 1 aliphatic carbocycles. The highest BCUT2D eigenvalue weighted by Gasteiger charge is 2.27. The number of hydrogen-bond donors (Lipinski definition) is 1. The Hall–Kier alpha value is -1.73. The smallest absolute Gasteiger partial charge is 0.267 e. The summed E-state index contributed by atoms with van der Waals surface area (Å²) in [7, 11) is 0. The zero-order chi connectivity index (χ0) is 14.8. The van der Waals surface area contributed by atoms with Crippen molar-refractivity contribution in [2.45, 2.75) is 31.7 Å². The molecule has 2 heterocycles. The number of ether oxygens (including phenoxy) is 1. The summed E-state index contributed by atoms with van der Waals surface area (Å²) in [5.74, 6) is 0.228. The number of rotatable bonds is 4. The highest BCUT2D eigenvalue weighted by Crippen LogP contribution is 2.38. The van der Waals surface area contributed by atoms with Crippen molar-refractivity contribution in [3.63, 3.8) is 0 Å². The summed E-state index contributed by atoms with van der Waals surface area (Å²) in [5.41, 5.74) is 3.48. The van der Waals surface area contributed by atoms with E-state index in [0.29, 0.717) is 32.2 Å². The Kier molecular flexibility index (Phi) is 4.03. The Labute approximate surface area is 122 Å². The molecule has 0 aromatic carbocycles. The van der Waals surface area contributed by atoms with Crippen LogP contribution in [0.2, 0.25) is 0 Å². The minimum absolute atomic E-state index is 0.223. The van der Waals surface area contributed by atoms with Crippen molar-refractivity contribution in [3.05, 3.63) is 28.2 Å². The number of carbonyl (C=O) groups is 1. The van der Waals surface area contributed by atoms with Crippen LogP contribution in [0.5, 0.6) is 0 Å². The van der Waals surface area contributed by atoms with E-state index in [0.717, 1.165) is 18.5 Å². The van der Waals surface area contributed by atoms with E-state index in [9.17, 15) is 9.59 Å². The molecule has 1 saturated carbocycles. The van der Waals surface area contributed by atoms with Crippen LogP contribution in [0, 0.1) is 0 Å². The summed E-state index contributed by atoms with van der Waals surface area (Å²) in [4.78, 5) is 24.2. The van der Waals surface area contributed by atoms with Crippen molar-refractivity contribution in [2.24, 2.45) is 0 Å². The van der Waals surface area contributed by atoms with Gasteiger partial charge in [0.05, 0.1) is 18.9 Å². The van der Waals surface area contributed by atoms with Crippen LogP contribution in [0.1, 0.15) is 37.4 Å². The Morgan fingerprint density at radius 2 is 2.10 bits per heavy atom. The van der Waals surface area contributed by atoms with Gasteiger partial charge in [0.1, 0.15) is 6.04 Å². The van der Waals surface area contributed by atoms with Crippen LogP contribution in [-0.4, -0.2) is 47.0 Å². The highest BCUT2D eigenvalue weighted by atomic mass is 16.5. The Balaban J connectivity index is 1.71. The first kappa shape index (κ1) is 14.2. The first-order chi connectivity index (χ1) is 10.1. The van der Waals surface area contributed by atoms with E-state index >= 15 is 0 Å². The van der Waals surface area contributed by atoms with Crippen molar-refractivity contribution >= 4 is 5.91 Å². The normalized spacial score (nSPS) is 21.0. The molecule has 3 rings (SSSR count). The van der Waals surface area contributed by atoms with Gasteiger partial charge in [-0.25, -0.2) is 9.69 Å². The van der Waals surface area contributed by atoms with Crippen LogP contribution >= 0.6 is 0 Å². The summed E-state index contributed by atoms with van der Waals surface area (Å²) >= 11 is 0. The van der Waals surface area contributed by atoms with E-state index in [1.54, 1.807) is 13.0 Å². The maximum atomic E-state index is 12.3. The van der Waals surface area contributed by atoms with Gasteiger partial charge in [-0.1, -0.05) is 0 Å². The van der Waals surface area contributed by atoms with Gasteiger partial charge in [0.2, 0.25) is 0 Å². The maximum absolute atomic E-state index is 12.3. The molecule has 0 unspecified atom stereocenters. The van der Waals surface area contributed by atoms with Crippen LogP contribution in [0.3, 0.4) is 0 Å². The molecule has 0 bridgehead atoms. The third-order valence-electron chi connectivity index (χ3n) is 3.87. The first-order valence-corrected chi connectivity index (χ1v) is 7.38. The number of aromatic nitrogens is 2. The fourth-order valence-electron chi connectivity index (χ4n) is 2.35. The van der Waals surface area contributed by atoms with Crippen molar-refractivity contribution in [2.75, 3.05) is 26.3 Å². The predicted octanol–water partition coefficient (Wildman–Crippen LogP) is 0.0451. The Morgan fingerprint density at radius 1 is 1.38 bits per heavy atom. The van der Waals surface area contributed by atoms with Crippen LogP contribution in [0.25, 0.3) is 0 Å². The van der Waals surface area contributed by atoms with Gasteiger partial charge in [0, 0.05) is 25.1 Å². The summed E-state index contributed by atoms with van der Waals surface area (Å²) in [6, 6.07) is 2.64. The number of hydrazine groups is 1. The van der Waals surface area contributed by atoms with E-state index in [4.69, 9.17) is 4.74 Å². The third kappa shape index (κ3) is 3.30. The second-order valence-corrected chi connectivity index (χ2v) is 5.57. The van der Waals surface area contributed by atoms with E-state index in [1.807, 2.05) is 5.01 Å². The lowest BCUT2D eigenvalue weighted by Gasteiger charge is -2.28. The number of morpholine rings is 1. The molecule has 1 amide bonds. The predicted molar refractivity (Wildman–Crippen MR) is 75.7 cm³/mol. The minimum Gasteiger partial charge on any atom is -0.379 e. The second kappa shape index (κ2) is 5.95. The van der Waals surface area contributed by atoms with E-state index in [1.165, 1.54) is 10.7 Å². The molecule has 7 nitrogen and oxygen atoms in total. The van der Waals surface area contributed by atoms with Gasteiger partial charge in [0.15, 0.2) is 0 Å². The van der Waals surface area contributed by atoms with E-state index in [2.05, 4.69) is 10.5 Å². The van der Waals surface area contributed by atoms with Gasteiger partial charge in [-0.2, -0.15) is 5.10 Å².